The van der Waals surface area contributed by atoms with Gasteiger partial charge in [0.05, 0.1) is 0 Å². The highest BCUT2D eigenvalue weighted by atomic mass is 79.9. The summed E-state index contributed by atoms with van der Waals surface area (Å²) in [5.41, 5.74) is 2.15. The molecule has 3 aromatic rings. The molecule has 0 fully saturated rings. The third-order valence-electron chi connectivity index (χ3n) is 3.06. The van der Waals surface area contributed by atoms with E-state index in [0.29, 0.717) is 11.5 Å². The molecule has 0 spiro atoms. The standard InChI is InChI=1S/C17H12BrNO3/c1-11-5-7-12(8-6-11)16-10-15(19-22-16)17(20)21-14-4-2-3-13(18)9-14/h2-10H,1H3. The summed E-state index contributed by atoms with van der Waals surface area (Å²) in [7, 11) is 0. The Balaban J connectivity index is 1.78. The van der Waals surface area contributed by atoms with Crippen LogP contribution in [0.2, 0.25) is 0 Å². The van der Waals surface area contributed by atoms with Crippen LogP contribution in [0, 0.1) is 6.92 Å². The van der Waals surface area contributed by atoms with Crippen LogP contribution in [-0.2, 0) is 0 Å². The molecule has 0 aliphatic heterocycles. The van der Waals surface area contributed by atoms with Gasteiger partial charge in [0, 0.05) is 16.1 Å². The van der Waals surface area contributed by atoms with E-state index in [4.69, 9.17) is 9.26 Å². The van der Waals surface area contributed by atoms with E-state index < -0.39 is 5.97 Å². The fourth-order valence-electron chi connectivity index (χ4n) is 1.92. The quantitative estimate of drug-likeness (QED) is 0.506. The monoisotopic (exact) mass is 357 g/mol. The summed E-state index contributed by atoms with van der Waals surface area (Å²) in [6, 6.07) is 16.4. The van der Waals surface area contributed by atoms with Gasteiger partial charge in [-0.1, -0.05) is 57.0 Å². The van der Waals surface area contributed by atoms with E-state index in [2.05, 4.69) is 21.1 Å². The Labute approximate surface area is 135 Å². The Bertz CT molecular complexity index is 809. The van der Waals surface area contributed by atoms with Gasteiger partial charge in [-0.15, -0.1) is 0 Å². The van der Waals surface area contributed by atoms with Crippen LogP contribution in [0.5, 0.6) is 5.75 Å². The van der Waals surface area contributed by atoms with E-state index in [9.17, 15) is 4.79 Å². The van der Waals surface area contributed by atoms with Crippen LogP contribution in [-0.4, -0.2) is 11.1 Å². The lowest BCUT2D eigenvalue weighted by atomic mass is 10.1. The molecule has 4 nitrogen and oxygen atoms in total. The molecule has 0 bridgehead atoms. The first-order valence-corrected chi connectivity index (χ1v) is 7.42. The van der Waals surface area contributed by atoms with Gasteiger partial charge in [-0.2, -0.15) is 0 Å². The number of ether oxygens (including phenoxy) is 1. The third kappa shape index (κ3) is 3.26. The summed E-state index contributed by atoms with van der Waals surface area (Å²) in [6.45, 7) is 2.00. The normalized spacial score (nSPS) is 10.5. The second-order valence-electron chi connectivity index (χ2n) is 4.79. The number of nitrogens with zero attached hydrogens (tertiary/aromatic N) is 1. The van der Waals surface area contributed by atoms with Crippen molar-refractivity contribution in [3.8, 4) is 17.1 Å². The van der Waals surface area contributed by atoms with E-state index in [-0.39, 0.29) is 5.69 Å². The van der Waals surface area contributed by atoms with Gasteiger partial charge in [0.25, 0.3) is 0 Å². The molecule has 0 atom stereocenters. The molecule has 1 heterocycles. The summed E-state index contributed by atoms with van der Waals surface area (Å²) >= 11 is 3.32. The highest BCUT2D eigenvalue weighted by Gasteiger charge is 2.16. The minimum absolute atomic E-state index is 0.135. The third-order valence-corrected chi connectivity index (χ3v) is 3.56. The van der Waals surface area contributed by atoms with Crippen LogP contribution < -0.4 is 4.74 Å². The molecule has 0 aliphatic carbocycles. The maximum Gasteiger partial charge on any atom is 0.365 e. The molecule has 110 valence electrons. The Hall–Kier alpha value is -2.40. The first-order valence-electron chi connectivity index (χ1n) is 6.63. The van der Waals surface area contributed by atoms with Crippen LogP contribution in [0.4, 0.5) is 0 Å². The molecular weight excluding hydrogens is 346 g/mol. The van der Waals surface area contributed by atoms with Crippen LogP contribution in [0.3, 0.4) is 0 Å². The number of benzene rings is 2. The van der Waals surface area contributed by atoms with Gasteiger partial charge >= 0.3 is 5.97 Å². The minimum Gasteiger partial charge on any atom is -0.422 e. The number of aromatic nitrogens is 1. The second-order valence-corrected chi connectivity index (χ2v) is 5.70. The van der Waals surface area contributed by atoms with Crippen molar-refractivity contribution in [3.05, 3.63) is 70.3 Å². The van der Waals surface area contributed by atoms with Crippen molar-refractivity contribution in [1.82, 2.24) is 5.16 Å². The van der Waals surface area contributed by atoms with Crippen molar-refractivity contribution in [2.45, 2.75) is 6.92 Å². The zero-order valence-electron chi connectivity index (χ0n) is 11.7. The number of carbonyl (C=O) groups excluding carboxylic acids is 1. The van der Waals surface area contributed by atoms with Crippen molar-refractivity contribution in [1.29, 1.82) is 0 Å². The Morgan fingerprint density at radius 1 is 1.14 bits per heavy atom. The fraction of sp³-hybridized carbons (Fsp3) is 0.0588. The number of carbonyl (C=O) groups is 1. The molecule has 1 aromatic heterocycles. The van der Waals surface area contributed by atoms with Gasteiger partial charge in [0.2, 0.25) is 0 Å². The van der Waals surface area contributed by atoms with Gasteiger partial charge in [-0.05, 0) is 25.1 Å². The van der Waals surface area contributed by atoms with E-state index >= 15 is 0 Å². The Morgan fingerprint density at radius 2 is 1.91 bits per heavy atom. The van der Waals surface area contributed by atoms with Crippen molar-refractivity contribution in [2.24, 2.45) is 0 Å². The highest BCUT2D eigenvalue weighted by molar-refractivity contribution is 9.10. The zero-order valence-corrected chi connectivity index (χ0v) is 13.3. The van der Waals surface area contributed by atoms with E-state index in [1.54, 1.807) is 24.3 Å². The lowest BCUT2D eigenvalue weighted by molar-refractivity contribution is 0.0724. The van der Waals surface area contributed by atoms with Crippen molar-refractivity contribution < 1.29 is 14.1 Å². The summed E-state index contributed by atoms with van der Waals surface area (Å²) < 4.78 is 11.3. The van der Waals surface area contributed by atoms with Crippen LogP contribution >= 0.6 is 15.9 Å². The summed E-state index contributed by atoms with van der Waals surface area (Å²) in [5.74, 6) is 0.417. The Morgan fingerprint density at radius 3 is 2.64 bits per heavy atom. The maximum atomic E-state index is 12.1. The van der Waals surface area contributed by atoms with Crippen molar-refractivity contribution in [2.75, 3.05) is 0 Å². The molecule has 2 aromatic carbocycles. The number of hydrogen-bond acceptors (Lipinski definition) is 4. The predicted octanol–water partition coefficient (Wildman–Crippen LogP) is 4.63. The van der Waals surface area contributed by atoms with E-state index in [1.807, 2.05) is 37.3 Å². The molecule has 0 saturated heterocycles. The lowest BCUT2D eigenvalue weighted by Crippen LogP contribution is -2.08. The molecule has 22 heavy (non-hydrogen) atoms. The topological polar surface area (TPSA) is 52.3 Å². The molecular formula is C17H12BrNO3. The van der Waals surface area contributed by atoms with Gasteiger partial charge in [0.1, 0.15) is 5.75 Å². The maximum absolute atomic E-state index is 12.1. The molecule has 0 amide bonds. The molecule has 3 rings (SSSR count). The molecule has 0 aliphatic rings. The number of rotatable bonds is 3. The average Bonchev–Trinajstić information content (AvgIpc) is 2.98. The number of aryl methyl sites for hydroxylation is 1. The molecule has 0 N–H and O–H groups in total. The van der Waals surface area contributed by atoms with Gasteiger partial charge in [-0.25, -0.2) is 4.79 Å². The summed E-state index contributed by atoms with van der Waals surface area (Å²) in [5, 5.41) is 3.77. The number of hydrogen-bond donors (Lipinski definition) is 0. The van der Waals surface area contributed by atoms with Crippen LogP contribution in [0.25, 0.3) is 11.3 Å². The zero-order chi connectivity index (χ0) is 15.5. The van der Waals surface area contributed by atoms with Crippen LogP contribution in [0.15, 0.2) is 63.6 Å². The summed E-state index contributed by atoms with van der Waals surface area (Å²) in [6.07, 6.45) is 0. The highest BCUT2D eigenvalue weighted by Crippen LogP contribution is 2.22. The predicted molar refractivity (Wildman–Crippen MR) is 85.8 cm³/mol. The second kappa shape index (κ2) is 6.15. The van der Waals surface area contributed by atoms with E-state index in [1.165, 1.54) is 0 Å². The van der Waals surface area contributed by atoms with Crippen molar-refractivity contribution >= 4 is 21.9 Å². The number of esters is 1. The lowest BCUT2D eigenvalue weighted by Gasteiger charge is -2.01. The van der Waals surface area contributed by atoms with Crippen LogP contribution in [0.1, 0.15) is 16.1 Å². The molecule has 0 saturated carbocycles. The average molecular weight is 358 g/mol. The number of halogens is 1. The van der Waals surface area contributed by atoms with Gasteiger partial charge < -0.3 is 9.26 Å². The largest absolute Gasteiger partial charge is 0.422 e. The Kier molecular flexibility index (Phi) is 4.06. The SMILES string of the molecule is Cc1ccc(-c2cc(C(=O)Oc3cccc(Br)c3)no2)cc1. The van der Waals surface area contributed by atoms with Gasteiger partial charge in [-0.3, -0.25) is 0 Å². The minimum atomic E-state index is -0.555. The van der Waals surface area contributed by atoms with E-state index in [0.717, 1.165) is 15.6 Å². The van der Waals surface area contributed by atoms with Gasteiger partial charge in [0.15, 0.2) is 11.5 Å². The van der Waals surface area contributed by atoms with Crippen molar-refractivity contribution in [3.63, 3.8) is 0 Å². The fourth-order valence-corrected chi connectivity index (χ4v) is 2.29. The first-order chi connectivity index (χ1) is 10.6. The summed E-state index contributed by atoms with van der Waals surface area (Å²) in [4.78, 5) is 12.1. The molecule has 0 radical (unpaired) electrons. The molecule has 5 heteroatoms. The smallest absolute Gasteiger partial charge is 0.365 e. The first kappa shape index (κ1) is 14.5. The molecule has 0 unspecified atom stereocenters.